The summed E-state index contributed by atoms with van der Waals surface area (Å²) in [6.45, 7) is 6.28. The van der Waals surface area contributed by atoms with Crippen LogP contribution in [0.3, 0.4) is 0 Å². The lowest BCUT2D eigenvalue weighted by Crippen LogP contribution is -2.29. The van der Waals surface area contributed by atoms with E-state index in [-0.39, 0.29) is 5.91 Å². The molecule has 3 heteroatoms. The maximum Gasteiger partial charge on any atom is 0.238 e. The molecule has 1 aliphatic heterocycles. The Morgan fingerprint density at radius 3 is 2.33 bits per heavy atom. The van der Waals surface area contributed by atoms with Gasteiger partial charge in [0, 0.05) is 18.8 Å². The van der Waals surface area contributed by atoms with Crippen LogP contribution in [0, 0.1) is 13.8 Å². The van der Waals surface area contributed by atoms with Gasteiger partial charge >= 0.3 is 0 Å². The van der Waals surface area contributed by atoms with Gasteiger partial charge in [-0.15, -0.1) is 0 Å². The van der Waals surface area contributed by atoms with E-state index in [1.807, 2.05) is 18.2 Å². The first-order valence-electron chi connectivity index (χ1n) is 7.28. The monoisotopic (exact) mass is 280 g/mol. The maximum absolute atomic E-state index is 12.2. The van der Waals surface area contributed by atoms with E-state index in [9.17, 15) is 4.79 Å². The Hall–Kier alpha value is -2.13. The average Bonchev–Trinajstić information content (AvgIpc) is 2.84. The number of carbonyl (C=O) groups excluding carboxylic acids is 1. The summed E-state index contributed by atoms with van der Waals surface area (Å²) in [6.07, 6.45) is 0. The summed E-state index contributed by atoms with van der Waals surface area (Å²) in [5.74, 6) is 0.0473. The molecule has 0 aromatic heterocycles. The van der Waals surface area contributed by atoms with Crippen molar-refractivity contribution in [2.75, 3.05) is 11.9 Å². The highest BCUT2D eigenvalue weighted by Gasteiger charge is 2.20. The number of hydrogen-bond donors (Lipinski definition) is 1. The summed E-state index contributed by atoms with van der Waals surface area (Å²) in [4.78, 5) is 14.3. The van der Waals surface area contributed by atoms with Crippen molar-refractivity contribution in [2.45, 2.75) is 26.9 Å². The Kier molecular flexibility index (Phi) is 3.76. The van der Waals surface area contributed by atoms with E-state index in [0.29, 0.717) is 6.54 Å². The average molecular weight is 280 g/mol. The van der Waals surface area contributed by atoms with E-state index < -0.39 is 0 Å². The van der Waals surface area contributed by atoms with Crippen molar-refractivity contribution in [1.29, 1.82) is 0 Å². The van der Waals surface area contributed by atoms with Crippen LogP contribution in [-0.4, -0.2) is 17.4 Å². The third kappa shape index (κ3) is 3.14. The first kappa shape index (κ1) is 13.8. The SMILES string of the molecule is Cc1ccc(NC(=O)CN2Cc3ccccc3C2)cc1C. The lowest BCUT2D eigenvalue weighted by Gasteiger charge is -2.15. The van der Waals surface area contributed by atoms with Crippen LogP contribution in [0.15, 0.2) is 42.5 Å². The summed E-state index contributed by atoms with van der Waals surface area (Å²) >= 11 is 0. The van der Waals surface area contributed by atoms with Crippen LogP contribution in [0.4, 0.5) is 5.69 Å². The van der Waals surface area contributed by atoms with Crippen LogP contribution in [0.25, 0.3) is 0 Å². The molecule has 2 aromatic rings. The summed E-state index contributed by atoms with van der Waals surface area (Å²) < 4.78 is 0. The Balaban J connectivity index is 1.59. The molecule has 1 N–H and O–H groups in total. The highest BCUT2D eigenvalue weighted by Crippen LogP contribution is 2.22. The van der Waals surface area contributed by atoms with Crippen molar-refractivity contribution in [1.82, 2.24) is 4.90 Å². The summed E-state index contributed by atoms with van der Waals surface area (Å²) in [6, 6.07) is 14.4. The molecule has 3 rings (SSSR count). The molecule has 0 fully saturated rings. The van der Waals surface area contributed by atoms with Crippen molar-refractivity contribution < 1.29 is 4.79 Å². The summed E-state index contributed by atoms with van der Waals surface area (Å²) in [7, 11) is 0. The van der Waals surface area contributed by atoms with Crippen LogP contribution in [0.5, 0.6) is 0 Å². The highest BCUT2D eigenvalue weighted by atomic mass is 16.2. The van der Waals surface area contributed by atoms with Gasteiger partial charge in [0.1, 0.15) is 0 Å². The van der Waals surface area contributed by atoms with Gasteiger partial charge in [-0.3, -0.25) is 9.69 Å². The minimum Gasteiger partial charge on any atom is -0.325 e. The Morgan fingerprint density at radius 2 is 1.71 bits per heavy atom. The number of fused-ring (bicyclic) bond motifs is 1. The third-order valence-corrected chi connectivity index (χ3v) is 4.06. The number of amides is 1. The number of hydrogen-bond acceptors (Lipinski definition) is 2. The Morgan fingerprint density at radius 1 is 1.05 bits per heavy atom. The number of benzene rings is 2. The van der Waals surface area contributed by atoms with E-state index in [0.717, 1.165) is 18.8 Å². The number of carbonyl (C=O) groups is 1. The van der Waals surface area contributed by atoms with Crippen molar-refractivity contribution in [3.8, 4) is 0 Å². The van der Waals surface area contributed by atoms with Gasteiger partial charge < -0.3 is 5.32 Å². The molecule has 0 aliphatic carbocycles. The molecule has 1 aliphatic rings. The second kappa shape index (κ2) is 5.70. The first-order valence-corrected chi connectivity index (χ1v) is 7.28. The van der Waals surface area contributed by atoms with E-state index >= 15 is 0 Å². The molecule has 2 aromatic carbocycles. The summed E-state index contributed by atoms with van der Waals surface area (Å²) in [5, 5.41) is 2.98. The Labute approximate surface area is 125 Å². The molecule has 0 saturated carbocycles. The molecule has 0 spiro atoms. The number of nitrogens with zero attached hydrogens (tertiary/aromatic N) is 1. The van der Waals surface area contributed by atoms with Crippen molar-refractivity contribution in [3.05, 3.63) is 64.7 Å². The molecule has 3 nitrogen and oxygen atoms in total. The van der Waals surface area contributed by atoms with Crippen molar-refractivity contribution in [2.24, 2.45) is 0 Å². The van der Waals surface area contributed by atoms with E-state index in [1.165, 1.54) is 22.3 Å². The van der Waals surface area contributed by atoms with Crippen LogP contribution < -0.4 is 5.32 Å². The minimum absolute atomic E-state index is 0.0473. The van der Waals surface area contributed by atoms with Crippen molar-refractivity contribution in [3.63, 3.8) is 0 Å². The van der Waals surface area contributed by atoms with Gasteiger partial charge in [0.15, 0.2) is 0 Å². The quantitative estimate of drug-likeness (QED) is 0.936. The zero-order valence-electron chi connectivity index (χ0n) is 12.5. The molecule has 1 heterocycles. The predicted molar refractivity (Wildman–Crippen MR) is 85.1 cm³/mol. The molecule has 0 atom stereocenters. The zero-order chi connectivity index (χ0) is 14.8. The molecule has 0 radical (unpaired) electrons. The van der Waals surface area contributed by atoms with Crippen LogP contribution >= 0.6 is 0 Å². The highest BCUT2D eigenvalue weighted by molar-refractivity contribution is 5.92. The fraction of sp³-hybridized carbons (Fsp3) is 0.278. The van der Waals surface area contributed by atoms with Gasteiger partial charge in [0.25, 0.3) is 0 Å². The number of anilines is 1. The Bertz CT molecular complexity index is 654. The number of aryl methyl sites for hydroxylation is 2. The molecule has 21 heavy (non-hydrogen) atoms. The van der Waals surface area contributed by atoms with Gasteiger partial charge in [0.2, 0.25) is 5.91 Å². The molecule has 0 unspecified atom stereocenters. The molecule has 0 saturated heterocycles. The maximum atomic E-state index is 12.2. The van der Waals surface area contributed by atoms with Gasteiger partial charge in [-0.05, 0) is 48.2 Å². The molecular weight excluding hydrogens is 260 g/mol. The molecule has 1 amide bonds. The smallest absolute Gasteiger partial charge is 0.238 e. The number of nitrogens with one attached hydrogen (secondary N) is 1. The number of rotatable bonds is 3. The zero-order valence-corrected chi connectivity index (χ0v) is 12.5. The van der Waals surface area contributed by atoms with Crippen LogP contribution in [0.1, 0.15) is 22.3 Å². The lowest BCUT2D eigenvalue weighted by atomic mass is 10.1. The van der Waals surface area contributed by atoms with Gasteiger partial charge in [-0.2, -0.15) is 0 Å². The molecule has 0 bridgehead atoms. The van der Waals surface area contributed by atoms with Crippen LogP contribution in [-0.2, 0) is 17.9 Å². The molecule has 108 valence electrons. The fourth-order valence-corrected chi connectivity index (χ4v) is 2.74. The van der Waals surface area contributed by atoms with Gasteiger partial charge in [-0.1, -0.05) is 30.3 Å². The first-order chi connectivity index (χ1) is 10.1. The van der Waals surface area contributed by atoms with Gasteiger partial charge in [-0.25, -0.2) is 0 Å². The largest absolute Gasteiger partial charge is 0.325 e. The van der Waals surface area contributed by atoms with Crippen molar-refractivity contribution >= 4 is 11.6 Å². The topological polar surface area (TPSA) is 32.3 Å². The molecular formula is C18H20N2O. The fourth-order valence-electron chi connectivity index (χ4n) is 2.74. The standard InChI is InChI=1S/C18H20N2O/c1-13-7-8-17(9-14(13)2)19-18(21)12-20-10-15-5-3-4-6-16(15)11-20/h3-9H,10-12H2,1-2H3,(H,19,21). The normalized spacial score (nSPS) is 14.0. The van der Waals surface area contributed by atoms with E-state index in [4.69, 9.17) is 0 Å². The van der Waals surface area contributed by atoms with E-state index in [1.54, 1.807) is 0 Å². The predicted octanol–water partition coefficient (Wildman–Crippen LogP) is 3.26. The summed E-state index contributed by atoms with van der Waals surface area (Å²) in [5.41, 5.74) is 5.97. The lowest BCUT2D eigenvalue weighted by molar-refractivity contribution is -0.117. The third-order valence-electron chi connectivity index (χ3n) is 4.06. The van der Waals surface area contributed by atoms with E-state index in [2.05, 4.69) is 48.3 Å². The van der Waals surface area contributed by atoms with Crippen LogP contribution in [0.2, 0.25) is 0 Å². The second-order valence-electron chi connectivity index (χ2n) is 5.76. The second-order valence-corrected chi connectivity index (χ2v) is 5.76. The van der Waals surface area contributed by atoms with Gasteiger partial charge in [0.05, 0.1) is 6.54 Å². The minimum atomic E-state index is 0.0473.